The Balaban J connectivity index is 1.90. The van der Waals surface area contributed by atoms with E-state index in [9.17, 15) is 13.2 Å². The number of rotatable bonds is 3. The van der Waals surface area contributed by atoms with Crippen LogP contribution in [0.2, 0.25) is 0 Å². The second-order valence-electron chi connectivity index (χ2n) is 6.59. The fourth-order valence-electron chi connectivity index (χ4n) is 3.67. The Morgan fingerprint density at radius 2 is 1.90 bits per heavy atom. The topological polar surface area (TPSA) is 15.3 Å². The molecule has 0 aromatic rings. The van der Waals surface area contributed by atoms with Crippen molar-refractivity contribution in [1.29, 1.82) is 0 Å². The predicted molar refractivity (Wildman–Crippen MR) is 74.8 cm³/mol. The van der Waals surface area contributed by atoms with Crippen molar-refractivity contribution in [2.45, 2.75) is 76.0 Å². The van der Waals surface area contributed by atoms with Crippen LogP contribution in [0.1, 0.15) is 58.3 Å². The van der Waals surface area contributed by atoms with E-state index in [1.165, 1.54) is 32.1 Å². The van der Waals surface area contributed by atoms with Crippen molar-refractivity contribution >= 4 is 0 Å². The lowest BCUT2D eigenvalue weighted by Gasteiger charge is -2.41. The van der Waals surface area contributed by atoms with Crippen molar-refractivity contribution < 1.29 is 13.2 Å². The Bertz CT molecular complexity index is 298. The minimum Gasteiger partial charge on any atom is -0.310 e. The zero-order valence-electron chi connectivity index (χ0n) is 12.4. The SMILES string of the molecule is CC1CCNC2(CCCCC2)CN1CCCC(F)(F)F. The molecule has 1 saturated carbocycles. The van der Waals surface area contributed by atoms with Gasteiger partial charge in [-0.25, -0.2) is 0 Å². The van der Waals surface area contributed by atoms with E-state index in [0.717, 1.165) is 19.5 Å². The summed E-state index contributed by atoms with van der Waals surface area (Å²) in [5.41, 5.74) is 0.168. The average Bonchev–Trinajstić information content (AvgIpc) is 2.50. The monoisotopic (exact) mass is 292 g/mol. The molecule has 1 spiro atoms. The molecule has 1 atom stereocenters. The highest BCUT2D eigenvalue weighted by Crippen LogP contribution is 2.32. The van der Waals surface area contributed by atoms with Crippen LogP contribution in [0.3, 0.4) is 0 Å². The van der Waals surface area contributed by atoms with Crippen LogP contribution in [0.4, 0.5) is 13.2 Å². The molecule has 2 nitrogen and oxygen atoms in total. The van der Waals surface area contributed by atoms with E-state index < -0.39 is 12.6 Å². The third kappa shape index (κ3) is 4.62. The van der Waals surface area contributed by atoms with Crippen LogP contribution in [0.25, 0.3) is 0 Å². The Hall–Kier alpha value is -0.290. The molecule has 118 valence electrons. The lowest BCUT2D eigenvalue weighted by molar-refractivity contribution is -0.136. The van der Waals surface area contributed by atoms with Crippen molar-refractivity contribution in [3.05, 3.63) is 0 Å². The molecule has 1 unspecified atom stereocenters. The molecule has 0 aromatic carbocycles. The molecular formula is C15H27F3N2. The van der Waals surface area contributed by atoms with Gasteiger partial charge in [-0.15, -0.1) is 0 Å². The Morgan fingerprint density at radius 3 is 2.55 bits per heavy atom. The van der Waals surface area contributed by atoms with Crippen LogP contribution in [0.5, 0.6) is 0 Å². The van der Waals surface area contributed by atoms with Gasteiger partial charge in [0, 0.05) is 24.5 Å². The first-order valence-corrected chi connectivity index (χ1v) is 7.96. The largest absolute Gasteiger partial charge is 0.389 e. The van der Waals surface area contributed by atoms with Crippen LogP contribution in [0, 0.1) is 0 Å². The summed E-state index contributed by atoms with van der Waals surface area (Å²) in [6.45, 7) is 4.64. The van der Waals surface area contributed by atoms with Gasteiger partial charge in [-0.2, -0.15) is 13.2 Å². The molecule has 1 heterocycles. The van der Waals surface area contributed by atoms with Gasteiger partial charge in [-0.3, -0.25) is 4.90 Å². The highest BCUT2D eigenvalue weighted by atomic mass is 19.4. The second-order valence-corrected chi connectivity index (χ2v) is 6.59. The standard InChI is InChI=1S/C15H27F3N2/c1-13-6-10-19-14(7-3-2-4-8-14)12-20(13)11-5-9-15(16,17)18/h13,19H,2-12H2,1H3. The van der Waals surface area contributed by atoms with Crippen molar-refractivity contribution in [2.24, 2.45) is 0 Å². The fraction of sp³-hybridized carbons (Fsp3) is 1.00. The quantitative estimate of drug-likeness (QED) is 0.853. The maximum Gasteiger partial charge on any atom is 0.389 e. The molecule has 5 heteroatoms. The Morgan fingerprint density at radius 1 is 1.20 bits per heavy atom. The summed E-state index contributed by atoms with van der Waals surface area (Å²) >= 11 is 0. The first-order valence-electron chi connectivity index (χ1n) is 7.96. The molecule has 2 fully saturated rings. The van der Waals surface area contributed by atoms with Gasteiger partial charge in [0.2, 0.25) is 0 Å². The first-order chi connectivity index (χ1) is 9.40. The normalized spacial score (nSPS) is 28.5. The molecule has 2 aliphatic rings. The van der Waals surface area contributed by atoms with Crippen molar-refractivity contribution in [3.63, 3.8) is 0 Å². The van der Waals surface area contributed by atoms with Gasteiger partial charge in [0.15, 0.2) is 0 Å². The third-order valence-electron chi connectivity index (χ3n) is 4.91. The molecule has 1 aliphatic carbocycles. The molecular weight excluding hydrogens is 265 g/mol. The van der Waals surface area contributed by atoms with E-state index in [1.807, 2.05) is 0 Å². The van der Waals surface area contributed by atoms with E-state index >= 15 is 0 Å². The minimum atomic E-state index is -4.02. The van der Waals surface area contributed by atoms with Gasteiger partial charge in [-0.1, -0.05) is 19.3 Å². The number of halogens is 3. The van der Waals surface area contributed by atoms with Crippen LogP contribution in [-0.2, 0) is 0 Å². The zero-order chi connectivity index (χ0) is 14.6. The maximum absolute atomic E-state index is 12.3. The lowest BCUT2D eigenvalue weighted by atomic mass is 9.81. The molecule has 0 aromatic heterocycles. The number of nitrogens with zero attached hydrogens (tertiary/aromatic N) is 1. The van der Waals surface area contributed by atoms with E-state index in [0.29, 0.717) is 12.6 Å². The van der Waals surface area contributed by atoms with Crippen LogP contribution in [-0.4, -0.2) is 42.3 Å². The number of alkyl halides is 3. The van der Waals surface area contributed by atoms with Crippen LogP contribution < -0.4 is 5.32 Å². The van der Waals surface area contributed by atoms with Gasteiger partial charge in [-0.05, 0) is 45.7 Å². The van der Waals surface area contributed by atoms with E-state index in [-0.39, 0.29) is 12.0 Å². The van der Waals surface area contributed by atoms with Gasteiger partial charge in [0.25, 0.3) is 0 Å². The minimum absolute atomic E-state index is 0.168. The summed E-state index contributed by atoms with van der Waals surface area (Å²) in [7, 11) is 0. The Labute approximate surface area is 120 Å². The van der Waals surface area contributed by atoms with Gasteiger partial charge in [0.1, 0.15) is 0 Å². The van der Waals surface area contributed by atoms with Crippen molar-refractivity contribution in [1.82, 2.24) is 10.2 Å². The number of hydrogen-bond acceptors (Lipinski definition) is 2. The summed E-state index contributed by atoms with van der Waals surface area (Å²) in [6.07, 6.45) is 2.73. The molecule has 20 heavy (non-hydrogen) atoms. The fourth-order valence-corrected chi connectivity index (χ4v) is 3.67. The van der Waals surface area contributed by atoms with Gasteiger partial charge < -0.3 is 5.32 Å². The molecule has 0 amide bonds. The summed E-state index contributed by atoms with van der Waals surface area (Å²) in [5, 5.41) is 3.70. The molecule has 1 N–H and O–H groups in total. The number of hydrogen-bond donors (Lipinski definition) is 1. The smallest absolute Gasteiger partial charge is 0.310 e. The zero-order valence-corrected chi connectivity index (χ0v) is 12.4. The second kappa shape index (κ2) is 6.65. The van der Waals surface area contributed by atoms with E-state index in [4.69, 9.17) is 0 Å². The molecule has 0 radical (unpaired) electrons. The van der Waals surface area contributed by atoms with Gasteiger partial charge in [0.05, 0.1) is 0 Å². The maximum atomic E-state index is 12.3. The summed E-state index contributed by atoms with van der Waals surface area (Å²) < 4.78 is 36.9. The summed E-state index contributed by atoms with van der Waals surface area (Å²) in [6, 6.07) is 0.386. The van der Waals surface area contributed by atoms with Crippen molar-refractivity contribution in [3.8, 4) is 0 Å². The molecule has 1 aliphatic heterocycles. The molecule has 1 saturated heterocycles. The van der Waals surface area contributed by atoms with Crippen molar-refractivity contribution in [2.75, 3.05) is 19.6 Å². The molecule has 2 rings (SSSR count). The van der Waals surface area contributed by atoms with E-state index in [2.05, 4.69) is 17.1 Å². The average molecular weight is 292 g/mol. The Kier molecular flexibility index (Phi) is 5.35. The molecule has 0 bridgehead atoms. The van der Waals surface area contributed by atoms with Crippen LogP contribution in [0.15, 0.2) is 0 Å². The van der Waals surface area contributed by atoms with E-state index in [1.54, 1.807) is 0 Å². The first kappa shape index (κ1) is 16.1. The highest BCUT2D eigenvalue weighted by Gasteiger charge is 2.37. The predicted octanol–water partition coefficient (Wildman–Crippen LogP) is 3.72. The highest BCUT2D eigenvalue weighted by molar-refractivity contribution is 4.96. The third-order valence-corrected chi connectivity index (χ3v) is 4.91. The summed E-state index contributed by atoms with van der Waals surface area (Å²) in [5.74, 6) is 0. The van der Waals surface area contributed by atoms with Crippen LogP contribution >= 0.6 is 0 Å². The van der Waals surface area contributed by atoms with Gasteiger partial charge >= 0.3 is 6.18 Å². The lowest BCUT2D eigenvalue weighted by Crippen LogP contribution is -2.53. The summed E-state index contributed by atoms with van der Waals surface area (Å²) in [4.78, 5) is 2.29. The number of nitrogens with one attached hydrogen (secondary N) is 1.